The number of anilines is 3. The number of methoxy groups -OCH3 is 2. The summed E-state index contributed by atoms with van der Waals surface area (Å²) in [5, 5.41) is 5.73. The lowest BCUT2D eigenvalue weighted by molar-refractivity contribution is 0.0602. The highest BCUT2D eigenvalue weighted by Gasteiger charge is 2.15. The fourth-order valence-corrected chi connectivity index (χ4v) is 2.42. The average molecular weight is 378 g/mol. The second-order valence-corrected chi connectivity index (χ2v) is 5.64. The first-order chi connectivity index (χ1) is 13.6. The van der Waals surface area contributed by atoms with E-state index < -0.39 is 11.9 Å². The van der Waals surface area contributed by atoms with Crippen molar-refractivity contribution in [3.8, 4) is 5.75 Å². The molecule has 1 heterocycles. The van der Waals surface area contributed by atoms with Crippen LogP contribution in [0.2, 0.25) is 0 Å². The molecular weight excluding hydrogens is 360 g/mol. The van der Waals surface area contributed by atoms with Crippen molar-refractivity contribution in [3.05, 3.63) is 72.2 Å². The molecule has 0 spiro atoms. The molecule has 2 N–H and O–H groups in total. The van der Waals surface area contributed by atoms with Crippen molar-refractivity contribution < 1.29 is 19.1 Å². The molecule has 0 bridgehead atoms. The van der Waals surface area contributed by atoms with Crippen LogP contribution < -0.4 is 15.4 Å². The quantitative estimate of drug-likeness (QED) is 0.635. The van der Waals surface area contributed by atoms with Crippen molar-refractivity contribution >= 4 is 29.1 Å². The Balaban J connectivity index is 1.71. The van der Waals surface area contributed by atoms with Crippen LogP contribution in [0.25, 0.3) is 0 Å². The molecule has 2 aromatic carbocycles. The Morgan fingerprint density at radius 3 is 2.50 bits per heavy atom. The number of carbonyl (C=O) groups excluding carboxylic acids is 2. The molecule has 0 saturated carbocycles. The van der Waals surface area contributed by atoms with E-state index in [1.807, 2.05) is 24.3 Å². The van der Waals surface area contributed by atoms with Gasteiger partial charge in [0.2, 0.25) is 0 Å². The van der Waals surface area contributed by atoms with E-state index in [2.05, 4.69) is 20.6 Å². The lowest BCUT2D eigenvalue weighted by atomic mass is 10.1. The minimum Gasteiger partial charge on any atom is -0.497 e. The van der Waals surface area contributed by atoms with Gasteiger partial charge in [-0.1, -0.05) is 18.2 Å². The number of nitrogens with zero attached hydrogens (tertiary/aromatic N) is 2. The normalized spacial score (nSPS) is 10.1. The molecule has 0 aliphatic heterocycles. The van der Waals surface area contributed by atoms with Crippen molar-refractivity contribution in [1.82, 2.24) is 9.97 Å². The van der Waals surface area contributed by atoms with Crippen molar-refractivity contribution in [2.45, 2.75) is 0 Å². The topological polar surface area (TPSA) is 102 Å². The Kier molecular flexibility index (Phi) is 5.81. The van der Waals surface area contributed by atoms with Gasteiger partial charge in [-0.25, -0.2) is 14.8 Å². The third-order valence-electron chi connectivity index (χ3n) is 3.81. The molecule has 0 aliphatic rings. The third-order valence-corrected chi connectivity index (χ3v) is 3.81. The van der Waals surface area contributed by atoms with E-state index in [-0.39, 0.29) is 11.3 Å². The first-order valence-corrected chi connectivity index (χ1v) is 8.32. The number of para-hydroxylation sites is 1. The predicted octanol–water partition coefficient (Wildman–Crippen LogP) is 3.27. The molecule has 0 aliphatic carbocycles. The van der Waals surface area contributed by atoms with Crippen LogP contribution in [0.1, 0.15) is 20.8 Å². The zero-order valence-electron chi connectivity index (χ0n) is 15.3. The summed E-state index contributed by atoms with van der Waals surface area (Å²) in [5.74, 6) is 0.148. The lowest BCUT2D eigenvalue weighted by Gasteiger charge is -2.10. The first-order valence-electron chi connectivity index (χ1n) is 8.32. The van der Waals surface area contributed by atoms with Crippen molar-refractivity contribution in [2.75, 3.05) is 24.9 Å². The summed E-state index contributed by atoms with van der Waals surface area (Å²) in [6.45, 7) is 0. The monoisotopic (exact) mass is 378 g/mol. The third kappa shape index (κ3) is 4.42. The smallest absolute Gasteiger partial charge is 0.339 e. The van der Waals surface area contributed by atoms with Gasteiger partial charge < -0.3 is 20.1 Å². The van der Waals surface area contributed by atoms with Crippen LogP contribution >= 0.6 is 0 Å². The SMILES string of the molecule is COC(=O)c1ccccc1NC(=O)c1cnc(Nc2cccc(OC)c2)cn1. The summed E-state index contributed by atoms with van der Waals surface area (Å²) in [6.07, 6.45) is 2.79. The number of carbonyl (C=O) groups is 2. The number of ether oxygens (including phenoxy) is 2. The van der Waals surface area contributed by atoms with Crippen molar-refractivity contribution in [3.63, 3.8) is 0 Å². The summed E-state index contributed by atoms with van der Waals surface area (Å²) in [4.78, 5) is 32.5. The summed E-state index contributed by atoms with van der Waals surface area (Å²) >= 11 is 0. The standard InChI is InChI=1S/C20H18N4O4/c1-27-14-7-5-6-13(10-14)23-18-12-21-17(11-22-18)19(25)24-16-9-4-3-8-15(16)20(26)28-2/h3-12H,1-2H3,(H,22,23)(H,24,25). The predicted molar refractivity (Wildman–Crippen MR) is 104 cm³/mol. The molecule has 3 rings (SSSR count). The maximum absolute atomic E-state index is 12.4. The number of nitrogens with one attached hydrogen (secondary N) is 2. The Morgan fingerprint density at radius 2 is 1.79 bits per heavy atom. The second kappa shape index (κ2) is 8.63. The molecule has 8 heteroatoms. The molecule has 1 amide bonds. The van der Waals surface area contributed by atoms with E-state index in [0.29, 0.717) is 17.3 Å². The fraction of sp³-hybridized carbons (Fsp3) is 0.100. The first kappa shape index (κ1) is 18.8. The molecule has 0 fully saturated rings. The number of rotatable bonds is 6. The number of benzene rings is 2. The molecule has 3 aromatic rings. The van der Waals surface area contributed by atoms with Crippen LogP contribution in [0.4, 0.5) is 17.2 Å². The molecule has 0 unspecified atom stereocenters. The average Bonchev–Trinajstić information content (AvgIpc) is 2.74. The molecule has 8 nitrogen and oxygen atoms in total. The van der Waals surface area contributed by atoms with Crippen molar-refractivity contribution in [2.24, 2.45) is 0 Å². The van der Waals surface area contributed by atoms with Gasteiger partial charge >= 0.3 is 5.97 Å². The number of amides is 1. The number of aromatic nitrogens is 2. The molecule has 142 valence electrons. The van der Waals surface area contributed by atoms with Gasteiger partial charge in [-0.3, -0.25) is 4.79 Å². The molecular formula is C20H18N4O4. The van der Waals surface area contributed by atoms with Gasteiger partial charge in [0.15, 0.2) is 0 Å². The van der Waals surface area contributed by atoms with Gasteiger partial charge in [0.05, 0.1) is 37.9 Å². The summed E-state index contributed by atoms with van der Waals surface area (Å²) < 4.78 is 9.89. The number of hydrogen-bond acceptors (Lipinski definition) is 7. The van der Waals surface area contributed by atoms with E-state index in [0.717, 1.165) is 5.69 Å². The molecule has 0 radical (unpaired) electrons. The van der Waals surface area contributed by atoms with Crippen LogP contribution in [0.15, 0.2) is 60.9 Å². The number of hydrogen-bond donors (Lipinski definition) is 2. The van der Waals surface area contributed by atoms with Gasteiger partial charge in [0.25, 0.3) is 5.91 Å². The van der Waals surface area contributed by atoms with E-state index in [1.54, 1.807) is 31.4 Å². The van der Waals surface area contributed by atoms with Crippen LogP contribution in [-0.4, -0.2) is 36.1 Å². The Hall–Kier alpha value is -3.94. The molecule has 28 heavy (non-hydrogen) atoms. The van der Waals surface area contributed by atoms with Crippen molar-refractivity contribution in [1.29, 1.82) is 0 Å². The van der Waals surface area contributed by atoms with Gasteiger partial charge in [-0.15, -0.1) is 0 Å². The minimum atomic E-state index is -0.542. The zero-order chi connectivity index (χ0) is 19.9. The fourth-order valence-electron chi connectivity index (χ4n) is 2.42. The number of esters is 1. The Morgan fingerprint density at radius 1 is 0.964 bits per heavy atom. The van der Waals surface area contributed by atoms with Crippen LogP contribution in [0.5, 0.6) is 5.75 Å². The Labute approximate surface area is 161 Å². The minimum absolute atomic E-state index is 0.107. The maximum Gasteiger partial charge on any atom is 0.339 e. The largest absolute Gasteiger partial charge is 0.497 e. The highest BCUT2D eigenvalue weighted by molar-refractivity contribution is 6.06. The van der Waals surface area contributed by atoms with E-state index in [1.165, 1.54) is 19.5 Å². The van der Waals surface area contributed by atoms with Crippen LogP contribution in [0.3, 0.4) is 0 Å². The summed E-state index contributed by atoms with van der Waals surface area (Å²) in [7, 11) is 2.87. The molecule has 0 atom stereocenters. The highest BCUT2D eigenvalue weighted by atomic mass is 16.5. The highest BCUT2D eigenvalue weighted by Crippen LogP contribution is 2.20. The van der Waals surface area contributed by atoms with Crippen LogP contribution in [-0.2, 0) is 4.74 Å². The van der Waals surface area contributed by atoms with Gasteiger partial charge in [0.1, 0.15) is 17.3 Å². The maximum atomic E-state index is 12.4. The Bertz CT molecular complexity index is 990. The molecule has 0 saturated heterocycles. The molecule has 1 aromatic heterocycles. The lowest BCUT2D eigenvalue weighted by Crippen LogP contribution is -2.17. The second-order valence-electron chi connectivity index (χ2n) is 5.64. The van der Waals surface area contributed by atoms with Gasteiger partial charge in [-0.05, 0) is 24.3 Å². The zero-order valence-corrected chi connectivity index (χ0v) is 15.3. The summed E-state index contributed by atoms with van der Waals surface area (Å²) in [6, 6.07) is 13.9. The van der Waals surface area contributed by atoms with E-state index >= 15 is 0 Å². The van der Waals surface area contributed by atoms with Gasteiger partial charge in [0, 0.05) is 11.8 Å². The van der Waals surface area contributed by atoms with Crippen LogP contribution in [0, 0.1) is 0 Å². The summed E-state index contributed by atoms with van der Waals surface area (Å²) in [5.41, 5.74) is 1.47. The van der Waals surface area contributed by atoms with E-state index in [4.69, 9.17) is 9.47 Å². The van der Waals surface area contributed by atoms with Gasteiger partial charge in [-0.2, -0.15) is 0 Å². The van der Waals surface area contributed by atoms with E-state index in [9.17, 15) is 9.59 Å².